The van der Waals surface area contributed by atoms with Crippen molar-refractivity contribution in [1.82, 2.24) is 29.8 Å². The molecule has 0 aliphatic carbocycles. The fourth-order valence-corrected chi connectivity index (χ4v) is 6.73. The Bertz CT molecular complexity index is 2080. The lowest BCUT2D eigenvalue weighted by Crippen LogP contribution is -2.39. The second-order valence-corrected chi connectivity index (χ2v) is 12.1. The van der Waals surface area contributed by atoms with Crippen LogP contribution in [-0.4, -0.2) is 42.3 Å². The first-order valence-electron chi connectivity index (χ1n) is 17.0. The molecule has 0 spiro atoms. The number of ether oxygens (including phenoxy) is 1. The third kappa shape index (κ3) is 6.12. The summed E-state index contributed by atoms with van der Waals surface area (Å²) in [6, 6.07) is 48.0. The van der Waals surface area contributed by atoms with E-state index in [4.69, 9.17) is 15.0 Å². The van der Waals surface area contributed by atoms with Gasteiger partial charge in [-0.15, -0.1) is 5.10 Å². The minimum atomic E-state index is -0.859. The van der Waals surface area contributed by atoms with E-state index in [-0.39, 0.29) is 0 Å². The van der Waals surface area contributed by atoms with Crippen LogP contribution >= 0.6 is 0 Å². The summed E-state index contributed by atoms with van der Waals surface area (Å²) in [6.45, 7) is 5.00. The third-order valence-corrected chi connectivity index (χ3v) is 8.97. The van der Waals surface area contributed by atoms with Crippen molar-refractivity contribution in [2.75, 3.05) is 6.61 Å². The van der Waals surface area contributed by atoms with E-state index in [0.717, 1.165) is 57.7 Å². The lowest BCUT2D eigenvalue weighted by Gasteiger charge is -2.36. The van der Waals surface area contributed by atoms with Gasteiger partial charge in [-0.2, -0.15) is 0 Å². The number of hydrogen-bond donors (Lipinski definition) is 0. The molecule has 0 aliphatic heterocycles. The first kappa shape index (κ1) is 32.4. The number of aryl methyl sites for hydroxylation is 1. The molecule has 0 aliphatic rings. The van der Waals surface area contributed by atoms with Gasteiger partial charge in [0.15, 0.2) is 11.5 Å². The molecule has 248 valence electrons. The van der Waals surface area contributed by atoms with E-state index in [1.165, 1.54) is 0 Å². The molecule has 0 unspecified atom stereocenters. The van der Waals surface area contributed by atoms with Crippen LogP contribution in [0.2, 0.25) is 0 Å². The fraction of sp³-hybridized carbons (Fsp3) is 0.167. The van der Waals surface area contributed by atoms with Gasteiger partial charge in [0.1, 0.15) is 11.4 Å². The number of aromatic nitrogens is 6. The maximum Gasteiger partial charge on any atom is 0.358 e. The molecule has 50 heavy (non-hydrogen) atoms. The highest BCUT2D eigenvalue weighted by molar-refractivity contribution is 5.87. The zero-order chi connectivity index (χ0) is 34.3. The summed E-state index contributed by atoms with van der Waals surface area (Å²) in [6.07, 6.45) is 3.32. The van der Waals surface area contributed by atoms with Crippen LogP contribution in [0.25, 0.3) is 22.5 Å². The number of imidazole rings is 1. The third-order valence-electron chi connectivity index (χ3n) is 8.97. The van der Waals surface area contributed by atoms with Crippen molar-refractivity contribution < 1.29 is 9.53 Å². The van der Waals surface area contributed by atoms with Crippen molar-refractivity contribution in [3.63, 3.8) is 0 Å². The summed E-state index contributed by atoms with van der Waals surface area (Å²) in [7, 11) is 0. The topological polar surface area (TPSA) is 87.7 Å². The molecule has 0 bridgehead atoms. The Kier molecular flexibility index (Phi) is 9.42. The van der Waals surface area contributed by atoms with Crippen LogP contribution in [0.3, 0.4) is 0 Å². The minimum Gasteiger partial charge on any atom is -0.461 e. The smallest absolute Gasteiger partial charge is 0.358 e. The summed E-state index contributed by atoms with van der Waals surface area (Å²) >= 11 is 0. The zero-order valence-electron chi connectivity index (χ0n) is 28.2. The van der Waals surface area contributed by atoms with Gasteiger partial charge in [-0.25, -0.2) is 14.5 Å². The van der Waals surface area contributed by atoms with E-state index in [2.05, 4.69) is 126 Å². The fourth-order valence-electron chi connectivity index (χ4n) is 6.73. The molecule has 0 fully saturated rings. The molecule has 5 aromatic carbocycles. The number of hydrogen-bond acceptors (Lipinski definition) is 6. The second kappa shape index (κ2) is 14.5. The number of benzene rings is 5. The summed E-state index contributed by atoms with van der Waals surface area (Å²) in [5.74, 6) is 1.09. The Morgan fingerprint density at radius 2 is 1.26 bits per heavy atom. The van der Waals surface area contributed by atoms with E-state index in [9.17, 15) is 4.79 Å². The summed E-state index contributed by atoms with van der Waals surface area (Å²) < 4.78 is 9.22. The van der Waals surface area contributed by atoms with E-state index in [0.29, 0.717) is 24.5 Å². The van der Waals surface area contributed by atoms with E-state index in [1.54, 1.807) is 13.1 Å². The van der Waals surface area contributed by atoms with Gasteiger partial charge in [0.05, 0.1) is 6.61 Å². The average Bonchev–Trinajstić information content (AvgIpc) is 3.82. The molecular formula is C42H38N6O2. The van der Waals surface area contributed by atoms with Gasteiger partial charge in [0.2, 0.25) is 0 Å². The lowest BCUT2D eigenvalue weighted by molar-refractivity contribution is 0.0519. The van der Waals surface area contributed by atoms with Gasteiger partial charge in [-0.1, -0.05) is 146 Å². The standard InChI is InChI=1S/C42H38N6O2/c1-3-28-47-30-38(41(49)50-4-2)43-39(47)29-31-24-26-32(27-25-31)36-22-14-15-23-37(36)40-44-45-46-48(40)42(33-16-8-5-9-17-33,34-18-10-6-11-19-34)35-20-12-7-13-21-35/h5-27,30H,3-4,28-29H2,1-2H3. The number of carbonyl (C=O) groups excluding carboxylic acids is 1. The zero-order valence-corrected chi connectivity index (χ0v) is 28.2. The molecule has 0 saturated heterocycles. The van der Waals surface area contributed by atoms with Gasteiger partial charge in [-0.3, -0.25) is 0 Å². The van der Waals surface area contributed by atoms with Crippen molar-refractivity contribution >= 4 is 5.97 Å². The molecule has 0 saturated carbocycles. The van der Waals surface area contributed by atoms with E-state index < -0.39 is 11.5 Å². The normalized spacial score (nSPS) is 11.4. The lowest BCUT2D eigenvalue weighted by atomic mass is 9.77. The molecule has 8 nitrogen and oxygen atoms in total. The van der Waals surface area contributed by atoms with E-state index >= 15 is 0 Å². The second-order valence-electron chi connectivity index (χ2n) is 12.1. The molecule has 2 heterocycles. The number of tetrazole rings is 1. The highest BCUT2D eigenvalue weighted by Gasteiger charge is 2.42. The van der Waals surface area contributed by atoms with Crippen molar-refractivity contribution in [3.8, 4) is 22.5 Å². The van der Waals surface area contributed by atoms with Gasteiger partial charge < -0.3 is 9.30 Å². The summed E-state index contributed by atoms with van der Waals surface area (Å²) in [5, 5.41) is 13.8. The predicted octanol–water partition coefficient (Wildman–Crippen LogP) is 8.22. The van der Waals surface area contributed by atoms with Crippen molar-refractivity contribution in [3.05, 3.63) is 179 Å². The Morgan fingerprint density at radius 3 is 1.82 bits per heavy atom. The Morgan fingerprint density at radius 1 is 0.700 bits per heavy atom. The quantitative estimate of drug-likeness (QED) is 0.0971. The molecule has 0 N–H and O–H groups in total. The maximum atomic E-state index is 12.4. The number of rotatable bonds is 12. The van der Waals surface area contributed by atoms with Crippen LogP contribution in [0.4, 0.5) is 0 Å². The minimum absolute atomic E-state index is 0.315. The molecule has 7 rings (SSSR count). The number of nitrogens with zero attached hydrogens (tertiary/aromatic N) is 6. The maximum absolute atomic E-state index is 12.4. The Hall–Kier alpha value is -6.15. The number of carbonyl (C=O) groups is 1. The van der Waals surface area contributed by atoms with Crippen molar-refractivity contribution in [2.24, 2.45) is 0 Å². The molecule has 8 heteroatoms. The van der Waals surface area contributed by atoms with Crippen molar-refractivity contribution in [1.29, 1.82) is 0 Å². The molecule has 0 atom stereocenters. The first-order valence-corrected chi connectivity index (χ1v) is 17.0. The Labute approximate surface area is 292 Å². The van der Waals surface area contributed by atoms with Crippen LogP contribution in [0.15, 0.2) is 146 Å². The monoisotopic (exact) mass is 658 g/mol. The molecule has 0 radical (unpaired) electrons. The van der Waals surface area contributed by atoms with Crippen LogP contribution in [0, 0.1) is 0 Å². The van der Waals surface area contributed by atoms with Gasteiger partial charge in [0.25, 0.3) is 0 Å². The van der Waals surface area contributed by atoms with Gasteiger partial charge in [-0.05, 0) is 57.2 Å². The van der Waals surface area contributed by atoms with Gasteiger partial charge >= 0.3 is 5.97 Å². The molecule has 0 amide bonds. The predicted molar refractivity (Wildman–Crippen MR) is 195 cm³/mol. The van der Waals surface area contributed by atoms with Crippen LogP contribution in [0.1, 0.15) is 58.8 Å². The first-order chi connectivity index (χ1) is 24.6. The SMILES string of the molecule is CCCn1cc(C(=O)OCC)nc1Cc1ccc(-c2ccccc2-c2nnnn2C(c2ccccc2)(c2ccccc2)c2ccccc2)cc1. The number of esters is 1. The molecule has 7 aromatic rings. The molecular weight excluding hydrogens is 621 g/mol. The van der Waals surface area contributed by atoms with Crippen LogP contribution < -0.4 is 0 Å². The van der Waals surface area contributed by atoms with E-state index in [1.807, 2.05) is 39.6 Å². The van der Waals surface area contributed by atoms with Crippen molar-refractivity contribution in [2.45, 2.75) is 38.8 Å². The van der Waals surface area contributed by atoms with Crippen LogP contribution in [-0.2, 0) is 23.2 Å². The highest BCUT2D eigenvalue weighted by atomic mass is 16.5. The van der Waals surface area contributed by atoms with Crippen LogP contribution in [0.5, 0.6) is 0 Å². The highest BCUT2D eigenvalue weighted by Crippen LogP contribution is 2.43. The largest absolute Gasteiger partial charge is 0.461 e. The molecule has 2 aromatic heterocycles. The van der Waals surface area contributed by atoms with Gasteiger partial charge in [0, 0.05) is 24.7 Å². The average molecular weight is 659 g/mol. The summed E-state index contributed by atoms with van der Waals surface area (Å²) in [4.78, 5) is 17.1. The summed E-state index contributed by atoms with van der Waals surface area (Å²) in [5.41, 5.74) is 6.66. The Balaban J connectivity index is 1.31.